The molecule has 178 valence electrons. The number of amides is 1. The summed E-state index contributed by atoms with van der Waals surface area (Å²) in [5, 5.41) is 6.41. The second kappa shape index (κ2) is 10.2. The number of oxazole rings is 1. The van der Waals surface area contributed by atoms with Gasteiger partial charge in [-0.15, -0.1) is 0 Å². The number of thiocarbonyl (C=S) groups is 1. The molecule has 0 aliphatic heterocycles. The standard InChI is InChI=1S/C27H19ClN4O3S/c1-16-4-5-17(13-21(16)28)23-10-7-20(34-23)8-11-25(33)32-27(36)30-19-6-9-24-22(14-19)31-26(35-24)18-3-2-12-29-15-18/h2-15H,1H3,(H2,30,32,33,36)/b11-8+. The van der Waals surface area contributed by atoms with Gasteiger partial charge in [0.25, 0.3) is 0 Å². The van der Waals surface area contributed by atoms with Gasteiger partial charge in [0, 0.05) is 34.7 Å². The molecule has 0 aliphatic carbocycles. The highest BCUT2D eigenvalue weighted by atomic mass is 35.5. The first-order valence-electron chi connectivity index (χ1n) is 10.9. The van der Waals surface area contributed by atoms with Crippen molar-refractivity contribution in [3.05, 3.63) is 95.5 Å². The molecule has 36 heavy (non-hydrogen) atoms. The molecule has 5 rings (SSSR count). The van der Waals surface area contributed by atoms with Gasteiger partial charge in [0.2, 0.25) is 11.8 Å². The van der Waals surface area contributed by atoms with E-state index < -0.39 is 5.91 Å². The van der Waals surface area contributed by atoms with E-state index in [2.05, 4.69) is 20.6 Å². The Bertz CT molecular complexity index is 1610. The van der Waals surface area contributed by atoms with E-state index >= 15 is 0 Å². The van der Waals surface area contributed by atoms with Crippen molar-refractivity contribution in [3.63, 3.8) is 0 Å². The number of pyridine rings is 1. The van der Waals surface area contributed by atoms with Crippen LogP contribution in [0.5, 0.6) is 0 Å². The van der Waals surface area contributed by atoms with Crippen molar-refractivity contribution in [1.29, 1.82) is 0 Å². The summed E-state index contributed by atoms with van der Waals surface area (Å²) in [6, 6.07) is 18.3. The van der Waals surface area contributed by atoms with Gasteiger partial charge in [0.05, 0.1) is 5.56 Å². The molecule has 0 spiro atoms. The van der Waals surface area contributed by atoms with Crippen LogP contribution in [-0.2, 0) is 4.79 Å². The monoisotopic (exact) mass is 514 g/mol. The lowest BCUT2D eigenvalue weighted by atomic mass is 10.1. The number of carbonyl (C=O) groups excluding carboxylic acids is 1. The lowest BCUT2D eigenvalue weighted by molar-refractivity contribution is -0.115. The number of nitrogens with one attached hydrogen (secondary N) is 2. The summed E-state index contributed by atoms with van der Waals surface area (Å²) in [5.41, 5.74) is 4.57. The second-order valence-corrected chi connectivity index (χ2v) is 8.70. The Hall–Kier alpha value is -4.27. The maximum atomic E-state index is 12.3. The van der Waals surface area contributed by atoms with Crippen molar-refractivity contribution in [1.82, 2.24) is 15.3 Å². The minimum absolute atomic E-state index is 0.148. The van der Waals surface area contributed by atoms with Crippen molar-refractivity contribution >= 4 is 57.7 Å². The van der Waals surface area contributed by atoms with Crippen LogP contribution in [0.2, 0.25) is 5.02 Å². The Balaban J connectivity index is 1.20. The number of hydrogen-bond donors (Lipinski definition) is 2. The first kappa shape index (κ1) is 23.5. The Morgan fingerprint density at radius 1 is 1.06 bits per heavy atom. The SMILES string of the molecule is Cc1ccc(-c2ccc(/C=C/C(=O)NC(=S)Nc3ccc4oc(-c5cccnc5)nc4c3)o2)cc1Cl. The third-order valence-corrected chi connectivity index (χ3v) is 5.88. The summed E-state index contributed by atoms with van der Waals surface area (Å²) >= 11 is 11.5. The van der Waals surface area contributed by atoms with E-state index in [1.54, 1.807) is 42.7 Å². The number of aryl methyl sites for hydroxylation is 1. The van der Waals surface area contributed by atoms with E-state index in [0.717, 1.165) is 16.7 Å². The molecule has 9 heteroatoms. The average molecular weight is 515 g/mol. The van der Waals surface area contributed by atoms with Gasteiger partial charge >= 0.3 is 0 Å². The minimum Gasteiger partial charge on any atom is -0.457 e. The van der Waals surface area contributed by atoms with Crippen LogP contribution in [0.3, 0.4) is 0 Å². The highest BCUT2D eigenvalue weighted by molar-refractivity contribution is 7.80. The Morgan fingerprint density at radius 2 is 1.94 bits per heavy atom. The molecule has 0 unspecified atom stereocenters. The van der Waals surface area contributed by atoms with Gasteiger partial charge in [-0.1, -0.05) is 23.7 Å². The molecule has 2 N–H and O–H groups in total. The Kier molecular flexibility index (Phi) is 6.62. The van der Waals surface area contributed by atoms with Crippen LogP contribution in [-0.4, -0.2) is 21.0 Å². The number of carbonyl (C=O) groups is 1. The number of furan rings is 1. The van der Waals surface area contributed by atoms with E-state index in [1.807, 2.05) is 43.3 Å². The normalized spacial score (nSPS) is 11.2. The molecule has 0 aliphatic rings. The van der Waals surface area contributed by atoms with Gasteiger partial charge in [-0.05, 0) is 79.3 Å². The lowest BCUT2D eigenvalue weighted by Crippen LogP contribution is -2.32. The number of fused-ring (bicyclic) bond motifs is 1. The summed E-state index contributed by atoms with van der Waals surface area (Å²) in [6.45, 7) is 1.94. The maximum Gasteiger partial charge on any atom is 0.250 e. The van der Waals surface area contributed by atoms with Gasteiger partial charge in [0.1, 0.15) is 17.0 Å². The smallest absolute Gasteiger partial charge is 0.250 e. The zero-order valence-electron chi connectivity index (χ0n) is 19.0. The van der Waals surface area contributed by atoms with E-state index in [0.29, 0.717) is 39.2 Å². The first-order chi connectivity index (χ1) is 17.4. The van der Waals surface area contributed by atoms with Crippen LogP contribution < -0.4 is 10.6 Å². The van der Waals surface area contributed by atoms with Crippen LogP contribution in [0.1, 0.15) is 11.3 Å². The highest BCUT2D eigenvalue weighted by Crippen LogP contribution is 2.28. The van der Waals surface area contributed by atoms with E-state index in [1.165, 1.54) is 6.08 Å². The lowest BCUT2D eigenvalue weighted by Gasteiger charge is -2.07. The van der Waals surface area contributed by atoms with E-state index in [-0.39, 0.29) is 5.11 Å². The molecule has 0 bridgehead atoms. The number of halogens is 1. The number of aromatic nitrogens is 2. The predicted molar refractivity (Wildman–Crippen MR) is 145 cm³/mol. The summed E-state index contributed by atoms with van der Waals surface area (Å²) in [6.07, 6.45) is 6.29. The van der Waals surface area contributed by atoms with Gasteiger partial charge in [-0.3, -0.25) is 15.1 Å². The summed E-state index contributed by atoms with van der Waals surface area (Å²) in [5.74, 6) is 1.26. The van der Waals surface area contributed by atoms with Crippen LogP contribution >= 0.6 is 23.8 Å². The van der Waals surface area contributed by atoms with Gasteiger partial charge in [0.15, 0.2) is 10.7 Å². The van der Waals surface area contributed by atoms with Crippen molar-refractivity contribution in [2.45, 2.75) is 6.92 Å². The number of hydrogen-bond acceptors (Lipinski definition) is 6. The molecule has 7 nitrogen and oxygen atoms in total. The molecular weight excluding hydrogens is 496 g/mol. The number of rotatable bonds is 5. The van der Waals surface area contributed by atoms with Crippen LogP contribution in [0.15, 0.2) is 88.0 Å². The largest absolute Gasteiger partial charge is 0.457 e. The molecule has 3 heterocycles. The average Bonchev–Trinajstić information content (AvgIpc) is 3.52. The molecular formula is C27H19ClN4O3S. The van der Waals surface area contributed by atoms with Crippen molar-refractivity contribution in [3.8, 4) is 22.8 Å². The quantitative estimate of drug-likeness (QED) is 0.200. The first-order valence-corrected chi connectivity index (χ1v) is 11.7. The van der Waals surface area contributed by atoms with Crippen molar-refractivity contribution in [2.75, 3.05) is 5.32 Å². The Morgan fingerprint density at radius 3 is 2.75 bits per heavy atom. The summed E-state index contributed by atoms with van der Waals surface area (Å²) in [4.78, 5) is 20.9. The molecule has 0 radical (unpaired) electrons. The third-order valence-electron chi connectivity index (χ3n) is 5.27. The molecule has 0 saturated heterocycles. The van der Waals surface area contributed by atoms with Gasteiger partial charge in [-0.25, -0.2) is 4.98 Å². The number of anilines is 1. The highest BCUT2D eigenvalue weighted by Gasteiger charge is 2.10. The molecule has 0 saturated carbocycles. The van der Waals surface area contributed by atoms with Crippen LogP contribution in [0, 0.1) is 6.92 Å². The summed E-state index contributed by atoms with van der Waals surface area (Å²) < 4.78 is 11.6. The number of benzene rings is 2. The second-order valence-electron chi connectivity index (χ2n) is 7.89. The topological polar surface area (TPSA) is 93.2 Å². The molecule has 3 aromatic heterocycles. The predicted octanol–water partition coefficient (Wildman–Crippen LogP) is 6.64. The van der Waals surface area contributed by atoms with E-state index in [9.17, 15) is 4.79 Å². The third kappa shape index (κ3) is 5.35. The minimum atomic E-state index is -0.398. The molecule has 5 aromatic rings. The van der Waals surface area contributed by atoms with Crippen molar-refractivity contribution < 1.29 is 13.6 Å². The van der Waals surface area contributed by atoms with Crippen molar-refractivity contribution in [2.24, 2.45) is 0 Å². The van der Waals surface area contributed by atoms with Gasteiger partial charge < -0.3 is 14.2 Å². The fraction of sp³-hybridized carbons (Fsp3) is 0.0370. The van der Waals surface area contributed by atoms with Gasteiger partial charge in [-0.2, -0.15) is 0 Å². The Labute approximate surface area is 216 Å². The van der Waals surface area contributed by atoms with E-state index in [4.69, 9.17) is 32.7 Å². The summed E-state index contributed by atoms with van der Waals surface area (Å²) in [7, 11) is 0. The number of nitrogens with zero attached hydrogens (tertiary/aromatic N) is 2. The molecule has 1 amide bonds. The maximum absolute atomic E-state index is 12.3. The fourth-order valence-electron chi connectivity index (χ4n) is 3.44. The van der Waals surface area contributed by atoms with Crippen LogP contribution in [0.4, 0.5) is 5.69 Å². The molecule has 0 fully saturated rings. The van der Waals surface area contributed by atoms with Crippen LogP contribution in [0.25, 0.3) is 40.0 Å². The zero-order chi connectivity index (χ0) is 25.1. The fourth-order valence-corrected chi connectivity index (χ4v) is 3.83. The molecule has 2 aromatic carbocycles. The molecule has 0 atom stereocenters. The zero-order valence-corrected chi connectivity index (χ0v) is 20.6.